The van der Waals surface area contributed by atoms with Gasteiger partial charge in [-0.3, -0.25) is 0 Å². The van der Waals surface area contributed by atoms with E-state index in [1.807, 2.05) is 0 Å². The highest BCUT2D eigenvalue weighted by molar-refractivity contribution is 8.93. The number of rotatable bonds is 5. The predicted octanol–water partition coefficient (Wildman–Crippen LogP) is 5.54. The molecule has 1 aliphatic heterocycles. The predicted molar refractivity (Wildman–Crippen MR) is 114 cm³/mol. The second-order valence-electron chi connectivity index (χ2n) is 6.44. The van der Waals surface area contributed by atoms with Gasteiger partial charge in [-0.15, -0.1) is 17.0 Å². The largest absolute Gasteiger partial charge is 0.354 e. The van der Waals surface area contributed by atoms with Crippen molar-refractivity contribution < 1.29 is 0 Å². The van der Waals surface area contributed by atoms with Crippen molar-refractivity contribution in [1.82, 2.24) is 9.80 Å². The van der Waals surface area contributed by atoms with Gasteiger partial charge in [-0.1, -0.05) is 91.0 Å². The molecule has 0 unspecified atom stereocenters. The van der Waals surface area contributed by atoms with Crippen molar-refractivity contribution in [1.29, 1.82) is 0 Å². The number of hydrogen-bond acceptors (Lipinski definition) is 2. The maximum atomic E-state index is 2.45. The summed E-state index contributed by atoms with van der Waals surface area (Å²) < 4.78 is 0. The Hall–Kier alpha value is -2.52. The molecule has 1 aliphatic rings. The molecule has 3 aromatic carbocycles. The molecule has 3 aromatic rings. The van der Waals surface area contributed by atoms with Crippen LogP contribution in [0.4, 0.5) is 0 Å². The quantitative estimate of drug-likeness (QED) is 0.548. The van der Waals surface area contributed by atoms with Gasteiger partial charge in [0.15, 0.2) is 0 Å². The Morgan fingerprint density at radius 1 is 0.615 bits per heavy atom. The second-order valence-corrected chi connectivity index (χ2v) is 6.44. The lowest BCUT2D eigenvalue weighted by Crippen LogP contribution is -2.26. The number of halogens is 1. The highest BCUT2D eigenvalue weighted by Gasteiger charge is 2.22. The van der Waals surface area contributed by atoms with E-state index in [9.17, 15) is 0 Å². The molecular weight excluding hydrogens is 384 g/mol. The SMILES string of the molecule is Br.C1=C(c2ccccc2)N(Cc2ccccc2)CN1Cc1ccccc1. The van der Waals surface area contributed by atoms with Gasteiger partial charge in [0.05, 0.1) is 12.4 Å². The number of nitrogens with zero attached hydrogens (tertiary/aromatic N) is 2. The van der Waals surface area contributed by atoms with Crippen LogP contribution in [0.2, 0.25) is 0 Å². The summed E-state index contributed by atoms with van der Waals surface area (Å²) in [4.78, 5) is 4.84. The van der Waals surface area contributed by atoms with Crippen LogP contribution in [0.3, 0.4) is 0 Å². The first-order valence-electron chi connectivity index (χ1n) is 8.72. The summed E-state index contributed by atoms with van der Waals surface area (Å²) in [7, 11) is 0. The van der Waals surface area contributed by atoms with Gasteiger partial charge in [-0.25, -0.2) is 0 Å². The molecule has 0 saturated heterocycles. The highest BCUT2D eigenvalue weighted by Crippen LogP contribution is 2.28. The molecule has 3 heteroatoms. The zero-order chi connectivity index (χ0) is 16.9. The van der Waals surface area contributed by atoms with Crippen LogP contribution >= 0.6 is 17.0 Å². The van der Waals surface area contributed by atoms with Gasteiger partial charge < -0.3 is 9.80 Å². The van der Waals surface area contributed by atoms with Crippen LogP contribution in [0.1, 0.15) is 16.7 Å². The zero-order valence-corrected chi connectivity index (χ0v) is 16.4. The summed E-state index contributed by atoms with van der Waals surface area (Å²) in [6.07, 6.45) is 2.30. The molecule has 4 rings (SSSR count). The number of hydrogen-bond donors (Lipinski definition) is 0. The molecule has 0 aliphatic carbocycles. The Balaban J connectivity index is 0.00000196. The average Bonchev–Trinajstić information content (AvgIpc) is 3.06. The molecule has 0 radical (unpaired) electrons. The second kappa shape index (κ2) is 8.72. The van der Waals surface area contributed by atoms with E-state index in [2.05, 4.69) is 107 Å². The monoisotopic (exact) mass is 406 g/mol. The Labute approximate surface area is 166 Å². The standard InChI is InChI=1S/C23H22N2.BrH/c1-4-10-20(11-5-1)16-24-18-23(22-14-8-3-9-15-22)25(19-24)17-21-12-6-2-7-13-21;/h1-15,18H,16-17,19H2;1H. The van der Waals surface area contributed by atoms with Gasteiger partial charge in [0.2, 0.25) is 0 Å². The van der Waals surface area contributed by atoms with E-state index in [0.717, 1.165) is 19.8 Å². The molecule has 1 heterocycles. The summed E-state index contributed by atoms with van der Waals surface area (Å²) in [6.45, 7) is 2.77. The first-order chi connectivity index (χ1) is 12.4. The van der Waals surface area contributed by atoms with Gasteiger partial charge in [-0.2, -0.15) is 0 Å². The van der Waals surface area contributed by atoms with Crippen LogP contribution < -0.4 is 0 Å². The molecule has 0 bridgehead atoms. The third kappa shape index (κ3) is 4.36. The van der Waals surface area contributed by atoms with Crippen molar-refractivity contribution in [2.24, 2.45) is 0 Å². The van der Waals surface area contributed by atoms with Crippen molar-refractivity contribution in [3.05, 3.63) is 114 Å². The lowest BCUT2D eigenvalue weighted by molar-refractivity contribution is 0.261. The smallest absolute Gasteiger partial charge is 0.0906 e. The first-order valence-corrected chi connectivity index (χ1v) is 8.72. The molecule has 0 aromatic heterocycles. The Kier molecular flexibility index (Phi) is 6.13. The summed E-state index contributed by atoms with van der Waals surface area (Å²) >= 11 is 0. The average molecular weight is 407 g/mol. The molecule has 0 atom stereocenters. The van der Waals surface area contributed by atoms with Crippen molar-refractivity contribution in [3.63, 3.8) is 0 Å². The Bertz CT molecular complexity index is 832. The molecule has 0 saturated carbocycles. The minimum atomic E-state index is 0. The van der Waals surface area contributed by atoms with Crippen LogP contribution in [0.5, 0.6) is 0 Å². The lowest BCUT2D eigenvalue weighted by Gasteiger charge is -2.24. The summed E-state index contributed by atoms with van der Waals surface area (Å²) in [5, 5.41) is 0. The molecule has 0 fully saturated rings. The summed E-state index contributed by atoms with van der Waals surface area (Å²) in [5.41, 5.74) is 5.24. The third-order valence-electron chi connectivity index (χ3n) is 4.51. The van der Waals surface area contributed by atoms with Crippen LogP contribution in [0, 0.1) is 0 Å². The van der Waals surface area contributed by atoms with Gasteiger partial charge in [0, 0.05) is 19.3 Å². The Morgan fingerprint density at radius 3 is 1.69 bits per heavy atom. The zero-order valence-electron chi connectivity index (χ0n) is 14.7. The van der Waals surface area contributed by atoms with Crippen molar-refractivity contribution in [3.8, 4) is 0 Å². The number of benzene rings is 3. The molecule has 132 valence electrons. The van der Waals surface area contributed by atoms with E-state index < -0.39 is 0 Å². The topological polar surface area (TPSA) is 6.48 Å². The molecule has 26 heavy (non-hydrogen) atoms. The summed E-state index contributed by atoms with van der Waals surface area (Å²) in [5.74, 6) is 0. The maximum absolute atomic E-state index is 2.45. The highest BCUT2D eigenvalue weighted by atomic mass is 79.9. The van der Waals surface area contributed by atoms with Gasteiger partial charge >= 0.3 is 0 Å². The first kappa shape index (κ1) is 18.3. The molecule has 0 N–H and O–H groups in total. The van der Waals surface area contributed by atoms with E-state index >= 15 is 0 Å². The van der Waals surface area contributed by atoms with Crippen molar-refractivity contribution >= 4 is 22.7 Å². The normalized spacial score (nSPS) is 13.3. The van der Waals surface area contributed by atoms with Gasteiger partial charge in [-0.05, 0) is 16.7 Å². The van der Waals surface area contributed by atoms with Gasteiger partial charge in [0.25, 0.3) is 0 Å². The van der Waals surface area contributed by atoms with E-state index in [0.29, 0.717) is 0 Å². The fourth-order valence-electron chi connectivity index (χ4n) is 3.31. The minimum Gasteiger partial charge on any atom is -0.354 e. The van der Waals surface area contributed by atoms with Crippen LogP contribution in [0.25, 0.3) is 5.70 Å². The maximum Gasteiger partial charge on any atom is 0.0906 e. The van der Waals surface area contributed by atoms with Crippen molar-refractivity contribution in [2.45, 2.75) is 13.1 Å². The lowest BCUT2D eigenvalue weighted by atomic mass is 10.1. The van der Waals surface area contributed by atoms with E-state index in [-0.39, 0.29) is 17.0 Å². The molecule has 0 amide bonds. The third-order valence-corrected chi connectivity index (χ3v) is 4.51. The van der Waals surface area contributed by atoms with E-state index in [1.165, 1.54) is 22.4 Å². The minimum absolute atomic E-state index is 0. The fraction of sp³-hybridized carbons (Fsp3) is 0.130. The van der Waals surface area contributed by atoms with Crippen LogP contribution in [-0.2, 0) is 13.1 Å². The Morgan fingerprint density at radius 2 is 1.12 bits per heavy atom. The molecule has 0 spiro atoms. The fourth-order valence-corrected chi connectivity index (χ4v) is 3.31. The molecular formula is C23H23BrN2. The molecule has 2 nitrogen and oxygen atoms in total. The van der Waals surface area contributed by atoms with E-state index in [1.54, 1.807) is 0 Å². The van der Waals surface area contributed by atoms with Crippen LogP contribution in [-0.4, -0.2) is 16.5 Å². The van der Waals surface area contributed by atoms with Crippen LogP contribution in [0.15, 0.2) is 97.2 Å². The van der Waals surface area contributed by atoms with E-state index in [4.69, 9.17) is 0 Å². The summed E-state index contributed by atoms with van der Waals surface area (Å²) in [6, 6.07) is 32.0. The van der Waals surface area contributed by atoms with Crippen molar-refractivity contribution in [2.75, 3.05) is 6.67 Å². The van der Waals surface area contributed by atoms with Gasteiger partial charge in [0.1, 0.15) is 0 Å².